The summed E-state index contributed by atoms with van der Waals surface area (Å²) in [6, 6.07) is 0. The molecule has 4 rings (SSSR count). The van der Waals surface area contributed by atoms with Crippen LogP contribution in [0.25, 0.3) is 0 Å². The zero-order chi connectivity index (χ0) is 16.5. The second-order valence-corrected chi connectivity index (χ2v) is 9.64. The Morgan fingerprint density at radius 3 is 2.48 bits per heavy atom. The van der Waals surface area contributed by atoms with E-state index in [1.165, 1.54) is 19.3 Å². The maximum absolute atomic E-state index is 12.5. The van der Waals surface area contributed by atoms with Crippen LogP contribution in [0.2, 0.25) is 0 Å². The van der Waals surface area contributed by atoms with Crippen molar-refractivity contribution in [1.29, 1.82) is 0 Å². The van der Waals surface area contributed by atoms with Gasteiger partial charge in [0.2, 0.25) is 0 Å². The number of Topliss-reactive ketones (excluding diaryl/α,β-unsaturated/α-hetero) is 1. The summed E-state index contributed by atoms with van der Waals surface area (Å²) in [6.45, 7) is 7.28. The van der Waals surface area contributed by atoms with Gasteiger partial charge in [0.15, 0.2) is 0 Å². The number of hydrogen-bond donors (Lipinski definition) is 1. The molecule has 0 radical (unpaired) electrons. The fraction of sp³-hybridized carbons (Fsp3) is 0.900. The van der Waals surface area contributed by atoms with Crippen LogP contribution < -0.4 is 0 Å². The quantitative estimate of drug-likeness (QED) is 0.514. The number of ketones is 1. The molecule has 128 valence electrons. The average molecular weight is 317 g/mol. The van der Waals surface area contributed by atoms with Crippen molar-refractivity contribution >= 4 is 11.5 Å². The van der Waals surface area contributed by atoms with E-state index in [0.717, 1.165) is 50.2 Å². The molecule has 0 saturated heterocycles. The third-order valence-electron chi connectivity index (χ3n) is 8.95. The van der Waals surface area contributed by atoms with E-state index in [1.807, 2.05) is 0 Å². The van der Waals surface area contributed by atoms with Crippen LogP contribution in [0.15, 0.2) is 5.16 Å². The molecular weight excluding hydrogens is 286 g/mol. The van der Waals surface area contributed by atoms with Gasteiger partial charge in [0.05, 0.1) is 5.71 Å². The van der Waals surface area contributed by atoms with Gasteiger partial charge in [0, 0.05) is 11.8 Å². The Morgan fingerprint density at radius 2 is 1.74 bits per heavy atom. The molecule has 0 bridgehead atoms. The molecule has 3 heteroatoms. The van der Waals surface area contributed by atoms with Gasteiger partial charge in [0.1, 0.15) is 5.78 Å². The molecule has 0 aromatic rings. The zero-order valence-electron chi connectivity index (χ0n) is 14.9. The van der Waals surface area contributed by atoms with Gasteiger partial charge in [-0.15, -0.1) is 0 Å². The minimum Gasteiger partial charge on any atom is -0.411 e. The van der Waals surface area contributed by atoms with Crippen LogP contribution >= 0.6 is 0 Å². The maximum Gasteiger partial charge on any atom is 0.139 e. The molecule has 0 heterocycles. The molecule has 0 unspecified atom stereocenters. The Hall–Kier alpha value is -0.860. The minimum absolute atomic E-state index is 0.0408. The molecule has 23 heavy (non-hydrogen) atoms. The van der Waals surface area contributed by atoms with Crippen molar-refractivity contribution in [2.45, 2.75) is 78.6 Å². The van der Waals surface area contributed by atoms with Crippen LogP contribution in [0, 0.1) is 34.0 Å². The molecule has 3 nitrogen and oxygen atoms in total. The molecule has 4 aliphatic rings. The lowest BCUT2D eigenvalue weighted by Gasteiger charge is -2.64. The van der Waals surface area contributed by atoms with Gasteiger partial charge in [-0.1, -0.05) is 25.9 Å². The minimum atomic E-state index is -0.0408. The molecule has 6 atom stereocenters. The Balaban J connectivity index is 1.69. The van der Waals surface area contributed by atoms with Crippen molar-refractivity contribution < 1.29 is 10.0 Å². The summed E-state index contributed by atoms with van der Waals surface area (Å²) in [5.74, 6) is 2.53. The van der Waals surface area contributed by atoms with Crippen molar-refractivity contribution in [2.24, 2.45) is 39.2 Å². The Labute approximate surface area is 139 Å². The monoisotopic (exact) mass is 317 g/mol. The molecule has 4 aliphatic carbocycles. The van der Waals surface area contributed by atoms with Crippen LogP contribution in [0.4, 0.5) is 0 Å². The Morgan fingerprint density at radius 1 is 0.957 bits per heavy atom. The van der Waals surface area contributed by atoms with Crippen molar-refractivity contribution in [2.75, 3.05) is 0 Å². The molecule has 1 N–H and O–H groups in total. The lowest BCUT2D eigenvalue weighted by atomic mass is 9.40. The highest BCUT2D eigenvalue weighted by Gasteiger charge is 2.64. The van der Waals surface area contributed by atoms with Crippen molar-refractivity contribution in [3.63, 3.8) is 0 Å². The average Bonchev–Trinajstić information content (AvgIpc) is 2.83. The van der Waals surface area contributed by atoms with E-state index in [9.17, 15) is 10.0 Å². The van der Waals surface area contributed by atoms with Crippen molar-refractivity contribution in [3.05, 3.63) is 0 Å². The second kappa shape index (κ2) is 4.83. The van der Waals surface area contributed by atoms with E-state index < -0.39 is 0 Å². The zero-order valence-corrected chi connectivity index (χ0v) is 14.9. The van der Waals surface area contributed by atoms with Crippen LogP contribution in [0.3, 0.4) is 0 Å². The van der Waals surface area contributed by atoms with Gasteiger partial charge in [0.25, 0.3) is 0 Å². The predicted molar refractivity (Wildman–Crippen MR) is 90.6 cm³/mol. The smallest absolute Gasteiger partial charge is 0.139 e. The van der Waals surface area contributed by atoms with Gasteiger partial charge in [-0.2, -0.15) is 0 Å². The molecule has 0 spiro atoms. The Bertz CT molecular complexity index is 570. The fourth-order valence-electron chi connectivity index (χ4n) is 7.60. The maximum atomic E-state index is 12.5. The van der Waals surface area contributed by atoms with Crippen LogP contribution in [0.1, 0.15) is 78.6 Å². The van der Waals surface area contributed by atoms with E-state index in [0.29, 0.717) is 28.4 Å². The topological polar surface area (TPSA) is 49.7 Å². The number of carbonyl (C=O) groups is 1. The first-order valence-corrected chi connectivity index (χ1v) is 9.58. The highest BCUT2D eigenvalue weighted by molar-refractivity contribution is 5.87. The van der Waals surface area contributed by atoms with E-state index in [-0.39, 0.29) is 5.41 Å². The van der Waals surface area contributed by atoms with Crippen LogP contribution in [0.5, 0.6) is 0 Å². The number of oxime groups is 1. The highest BCUT2D eigenvalue weighted by Crippen LogP contribution is 2.70. The predicted octanol–water partition coefficient (Wildman–Crippen LogP) is 4.82. The number of nitrogens with zero attached hydrogens (tertiary/aromatic N) is 1. The normalized spacial score (nSPS) is 54.5. The van der Waals surface area contributed by atoms with Crippen LogP contribution in [-0.2, 0) is 4.79 Å². The molecule has 4 saturated carbocycles. The summed E-state index contributed by atoms with van der Waals surface area (Å²) in [7, 11) is 0. The van der Waals surface area contributed by atoms with E-state index in [2.05, 4.69) is 25.9 Å². The van der Waals surface area contributed by atoms with E-state index in [1.54, 1.807) is 0 Å². The van der Waals surface area contributed by atoms with Crippen molar-refractivity contribution in [1.82, 2.24) is 0 Å². The first kappa shape index (κ1) is 15.7. The van der Waals surface area contributed by atoms with Gasteiger partial charge < -0.3 is 5.21 Å². The standard InChI is InChI=1S/C20H31NO2/c1-18-10-7-14(21-23)12-13(18)6-9-19(2)15-4-5-17(22)20(15,3)11-8-16(18)19/h13,15-16,23H,4-12H2,1-3H3/t13-,15-,16+,18-,19-,20-/m0/s1. The van der Waals surface area contributed by atoms with Gasteiger partial charge in [-0.3, -0.25) is 4.79 Å². The summed E-state index contributed by atoms with van der Waals surface area (Å²) in [6.07, 6.45) is 9.84. The van der Waals surface area contributed by atoms with Crippen molar-refractivity contribution in [3.8, 4) is 0 Å². The summed E-state index contributed by atoms with van der Waals surface area (Å²) >= 11 is 0. The summed E-state index contributed by atoms with van der Waals surface area (Å²) < 4.78 is 0. The molecule has 0 aromatic heterocycles. The third-order valence-corrected chi connectivity index (χ3v) is 8.95. The summed E-state index contributed by atoms with van der Waals surface area (Å²) in [4.78, 5) is 12.5. The molecule has 0 aromatic carbocycles. The number of hydrogen-bond acceptors (Lipinski definition) is 3. The van der Waals surface area contributed by atoms with Crippen LogP contribution in [-0.4, -0.2) is 16.7 Å². The van der Waals surface area contributed by atoms with E-state index >= 15 is 0 Å². The Kier molecular flexibility index (Phi) is 3.29. The lowest BCUT2D eigenvalue weighted by Crippen LogP contribution is -2.58. The largest absolute Gasteiger partial charge is 0.411 e. The third kappa shape index (κ3) is 1.88. The molecule has 4 fully saturated rings. The van der Waals surface area contributed by atoms with E-state index in [4.69, 9.17) is 0 Å². The first-order chi connectivity index (χ1) is 10.8. The molecule has 0 aliphatic heterocycles. The molecular formula is C20H31NO2. The number of rotatable bonds is 0. The summed E-state index contributed by atoms with van der Waals surface area (Å²) in [5, 5.41) is 12.7. The number of fused-ring (bicyclic) bond motifs is 5. The van der Waals surface area contributed by atoms with Gasteiger partial charge in [-0.05, 0) is 80.0 Å². The SMILES string of the molecule is C[C@]12CCC(=NO)C[C@@H]1CC[C@]1(C)[C@@H]2CC[C@]2(C)C(=O)CC[C@@H]12. The molecule has 0 amide bonds. The number of carbonyl (C=O) groups excluding carboxylic acids is 1. The van der Waals surface area contributed by atoms with Gasteiger partial charge in [-0.25, -0.2) is 0 Å². The first-order valence-electron chi connectivity index (χ1n) is 9.58. The fourth-order valence-corrected chi connectivity index (χ4v) is 7.60. The lowest BCUT2D eigenvalue weighted by molar-refractivity contribution is -0.160. The van der Waals surface area contributed by atoms with Gasteiger partial charge >= 0.3 is 0 Å². The summed E-state index contributed by atoms with van der Waals surface area (Å²) in [5.41, 5.74) is 1.67. The second-order valence-electron chi connectivity index (χ2n) is 9.64. The highest BCUT2D eigenvalue weighted by atomic mass is 16.4.